The molecule has 2 amide bonds. The number of aromatic carboxylic acids is 1. The van der Waals surface area contributed by atoms with E-state index < -0.39 is 65.2 Å². The van der Waals surface area contributed by atoms with E-state index in [2.05, 4.69) is 5.32 Å². The average molecular weight is 647 g/mol. The van der Waals surface area contributed by atoms with Crippen LogP contribution in [-0.4, -0.2) is 45.6 Å². The normalized spacial score (nSPS) is 10.8. The van der Waals surface area contributed by atoms with E-state index in [-0.39, 0.29) is 44.0 Å². The first-order valence-corrected chi connectivity index (χ1v) is 12.9. The highest BCUT2D eigenvalue weighted by molar-refractivity contribution is 6.31. The van der Waals surface area contributed by atoms with Crippen LogP contribution in [0, 0.1) is 11.6 Å². The van der Waals surface area contributed by atoms with Gasteiger partial charge >= 0.3 is 18.5 Å². The SMILES string of the molecule is O=C(O)Cc1cc(Oc2ccc(N(C(=O)c3ccc(F)cc3F)C(F)F)c(C(=O)O)c2)ccc1NC(=O)c1cc(Cl)ccc1O. The lowest BCUT2D eigenvalue weighted by Crippen LogP contribution is -2.37. The van der Waals surface area contributed by atoms with E-state index in [0.717, 1.165) is 18.2 Å². The van der Waals surface area contributed by atoms with Gasteiger partial charge in [0.25, 0.3) is 11.8 Å². The first kappa shape index (κ1) is 32.3. The number of nitrogens with zero attached hydrogens (tertiary/aromatic N) is 1. The highest BCUT2D eigenvalue weighted by Gasteiger charge is 2.31. The summed E-state index contributed by atoms with van der Waals surface area (Å²) in [6, 6.07) is 11.8. The molecule has 0 bridgehead atoms. The number of phenols is 1. The number of rotatable bonds is 10. The number of carboxylic acid groups (broad SMARTS) is 2. The summed E-state index contributed by atoms with van der Waals surface area (Å²) in [6.45, 7) is -3.64. The molecule has 0 atom stereocenters. The van der Waals surface area contributed by atoms with Crippen molar-refractivity contribution in [3.05, 3.63) is 112 Å². The van der Waals surface area contributed by atoms with Crippen molar-refractivity contribution in [3.8, 4) is 17.2 Å². The smallest absolute Gasteiger partial charge is 0.337 e. The Labute approximate surface area is 255 Å². The maximum Gasteiger partial charge on any atom is 0.337 e. The summed E-state index contributed by atoms with van der Waals surface area (Å²) >= 11 is 5.88. The molecule has 0 saturated heterocycles. The number of carbonyl (C=O) groups is 4. The Balaban J connectivity index is 1.66. The number of hydrogen-bond donors (Lipinski definition) is 4. The van der Waals surface area contributed by atoms with Crippen LogP contribution in [0.2, 0.25) is 5.02 Å². The molecule has 4 N–H and O–H groups in total. The summed E-state index contributed by atoms with van der Waals surface area (Å²) < 4.78 is 61.2. The van der Waals surface area contributed by atoms with Crippen molar-refractivity contribution < 1.29 is 56.8 Å². The summed E-state index contributed by atoms with van der Waals surface area (Å²) in [5.41, 5.74) is -2.75. The summed E-state index contributed by atoms with van der Waals surface area (Å²) in [5, 5.41) is 31.7. The monoisotopic (exact) mass is 646 g/mol. The van der Waals surface area contributed by atoms with Gasteiger partial charge in [0.2, 0.25) is 0 Å². The van der Waals surface area contributed by atoms with Crippen molar-refractivity contribution in [1.29, 1.82) is 0 Å². The molecule has 15 heteroatoms. The number of anilines is 2. The molecule has 232 valence electrons. The minimum atomic E-state index is -3.64. The van der Waals surface area contributed by atoms with E-state index in [9.17, 15) is 52.1 Å². The zero-order chi connectivity index (χ0) is 33.0. The van der Waals surface area contributed by atoms with Gasteiger partial charge in [0.15, 0.2) is 0 Å². The molecule has 0 spiro atoms. The Kier molecular flexibility index (Phi) is 9.57. The van der Waals surface area contributed by atoms with E-state index >= 15 is 0 Å². The van der Waals surface area contributed by atoms with Crippen LogP contribution in [0.4, 0.5) is 28.9 Å². The van der Waals surface area contributed by atoms with Crippen LogP contribution in [0.3, 0.4) is 0 Å². The van der Waals surface area contributed by atoms with Gasteiger partial charge in [0.1, 0.15) is 28.9 Å². The van der Waals surface area contributed by atoms with E-state index in [0.29, 0.717) is 18.2 Å². The number of phenolic OH excluding ortho intramolecular Hbond substituents is 1. The van der Waals surface area contributed by atoms with Crippen LogP contribution in [0.15, 0.2) is 72.8 Å². The lowest BCUT2D eigenvalue weighted by atomic mass is 10.1. The van der Waals surface area contributed by atoms with Crippen molar-refractivity contribution in [2.75, 3.05) is 10.2 Å². The zero-order valence-corrected chi connectivity index (χ0v) is 23.2. The van der Waals surface area contributed by atoms with Crippen LogP contribution < -0.4 is 15.0 Å². The second-order valence-electron chi connectivity index (χ2n) is 9.17. The van der Waals surface area contributed by atoms with Gasteiger partial charge in [-0.15, -0.1) is 0 Å². The van der Waals surface area contributed by atoms with Crippen LogP contribution in [0.5, 0.6) is 17.2 Å². The van der Waals surface area contributed by atoms with Gasteiger partial charge in [0.05, 0.1) is 28.8 Å². The third-order valence-corrected chi connectivity index (χ3v) is 6.37. The quantitative estimate of drug-likeness (QED) is 0.112. The molecule has 4 rings (SSSR count). The van der Waals surface area contributed by atoms with Gasteiger partial charge in [-0.1, -0.05) is 11.6 Å². The number of aliphatic carboxylic acids is 1. The number of carboxylic acids is 2. The van der Waals surface area contributed by atoms with Crippen molar-refractivity contribution >= 4 is 46.7 Å². The molecule has 0 radical (unpaired) electrons. The molecular weight excluding hydrogens is 628 g/mol. The first-order valence-electron chi connectivity index (χ1n) is 12.5. The summed E-state index contributed by atoms with van der Waals surface area (Å²) in [6.07, 6.45) is -0.612. The van der Waals surface area contributed by atoms with Crippen LogP contribution in [-0.2, 0) is 11.2 Å². The lowest BCUT2D eigenvalue weighted by Gasteiger charge is -2.24. The number of benzene rings is 4. The predicted octanol–water partition coefficient (Wildman–Crippen LogP) is 6.56. The van der Waals surface area contributed by atoms with Gasteiger partial charge in [-0.25, -0.2) is 18.5 Å². The van der Waals surface area contributed by atoms with Gasteiger partial charge in [0, 0.05) is 16.8 Å². The fourth-order valence-corrected chi connectivity index (χ4v) is 4.31. The van der Waals surface area contributed by atoms with Gasteiger partial charge in [-0.3, -0.25) is 14.4 Å². The number of amides is 2. The highest BCUT2D eigenvalue weighted by Crippen LogP contribution is 2.34. The predicted molar refractivity (Wildman–Crippen MR) is 151 cm³/mol. The maximum atomic E-state index is 14.2. The molecule has 45 heavy (non-hydrogen) atoms. The number of aromatic hydroxyl groups is 1. The number of carbonyl (C=O) groups excluding carboxylic acids is 2. The van der Waals surface area contributed by atoms with Crippen molar-refractivity contribution in [2.24, 2.45) is 0 Å². The summed E-state index contributed by atoms with van der Waals surface area (Å²) in [5.74, 6) is -8.70. The highest BCUT2D eigenvalue weighted by atomic mass is 35.5. The third kappa shape index (κ3) is 7.48. The van der Waals surface area contributed by atoms with Gasteiger partial charge < -0.3 is 25.4 Å². The maximum absolute atomic E-state index is 14.2. The number of alkyl halides is 2. The standard InChI is InChI=1S/C30H19ClF4N2O8/c31-15-1-8-25(38)21(11-15)27(41)36-23-6-3-17(9-14(23)10-26(39)40)45-18-4-7-24(20(13-18)29(43)44)37(30(34)35)28(42)19-5-2-16(32)12-22(19)33/h1-9,11-13,30,38H,10H2,(H,36,41)(H,39,40)(H,43,44). The molecule has 0 aromatic heterocycles. The van der Waals surface area contributed by atoms with Crippen molar-refractivity contribution in [2.45, 2.75) is 13.0 Å². The fraction of sp³-hybridized carbons (Fsp3) is 0.0667. The fourth-order valence-electron chi connectivity index (χ4n) is 4.14. The van der Waals surface area contributed by atoms with Crippen molar-refractivity contribution in [1.82, 2.24) is 0 Å². The molecule has 10 nitrogen and oxygen atoms in total. The van der Waals surface area contributed by atoms with Crippen molar-refractivity contribution in [3.63, 3.8) is 0 Å². The third-order valence-electron chi connectivity index (χ3n) is 6.14. The molecule has 0 saturated carbocycles. The van der Waals surface area contributed by atoms with E-state index in [4.69, 9.17) is 16.3 Å². The first-order chi connectivity index (χ1) is 21.2. The Morgan fingerprint density at radius 3 is 2.18 bits per heavy atom. The van der Waals surface area contributed by atoms with Gasteiger partial charge in [-0.05, 0) is 72.3 Å². The summed E-state index contributed by atoms with van der Waals surface area (Å²) in [7, 11) is 0. The molecule has 4 aromatic carbocycles. The Morgan fingerprint density at radius 1 is 0.844 bits per heavy atom. The summed E-state index contributed by atoms with van der Waals surface area (Å²) in [4.78, 5) is 48.8. The number of hydrogen-bond acceptors (Lipinski definition) is 6. The molecule has 0 aliphatic carbocycles. The average Bonchev–Trinajstić information content (AvgIpc) is 2.95. The van der Waals surface area contributed by atoms with E-state index in [1.165, 1.54) is 36.4 Å². The number of ether oxygens (including phenoxy) is 1. The van der Waals surface area contributed by atoms with Gasteiger partial charge in [-0.2, -0.15) is 8.78 Å². The minimum Gasteiger partial charge on any atom is -0.507 e. The Bertz CT molecular complexity index is 1840. The topological polar surface area (TPSA) is 153 Å². The molecular formula is C30H19ClF4N2O8. The molecule has 0 heterocycles. The molecule has 4 aromatic rings. The Hall–Kier alpha value is -5.63. The second kappa shape index (κ2) is 13.3. The largest absolute Gasteiger partial charge is 0.507 e. The second-order valence-corrected chi connectivity index (χ2v) is 9.60. The minimum absolute atomic E-state index is 0.0230. The van der Waals surface area contributed by atoms with E-state index in [1.54, 1.807) is 0 Å². The van der Waals surface area contributed by atoms with E-state index in [1.807, 2.05) is 0 Å². The number of halogens is 5. The molecule has 0 unspecified atom stereocenters. The Morgan fingerprint density at radius 2 is 1.53 bits per heavy atom. The zero-order valence-electron chi connectivity index (χ0n) is 22.4. The van der Waals surface area contributed by atoms with Crippen LogP contribution >= 0.6 is 11.6 Å². The number of nitrogens with one attached hydrogen (secondary N) is 1. The molecule has 0 fully saturated rings. The van der Waals surface area contributed by atoms with Crippen LogP contribution in [0.25, 0.3) is 0 Å². The molecule has 0 aliphatic heterocycles. The lowest BCUT2D eigenvalue weighted by molar-refractivity contribution is -0.136. The molecule has 0 aliphatic rings. The van der Waals surface area contributed by atoms with Crippen LogP contribution in [0.1, 0.15) is 36.6 Å².